The third-order valence-electron chi connectivity index (χ3n) is 5.94. The molecule has 0 radical (unpaired) electrons. The number of aromatic hydroxyl groups is 1. The summed E-state index contributed by atoms with van der Waals surface area (Å²) in [5, 5.41) is 12.8. The van der Waals surface area contributed by atoms with Crippen molar-refractivity contribution in [2.24, 2.45) is 11.8 Å². The highest BCUT2D eigenvalue weighted by molar-refractivity contribution is 6.24. The molecule has 0 spiro atoms. The summed E-state index contributed by atoms with van der Waals surface area (Å²) in [6.45, 7) is 3.52. The average Bonchev–Trinajstić information content (AvgIpc) is 3.17. The van der Waals surface area contributed by atoms with E-state index < -0.39 is 35.3 Å². The molecule has 2 fully saturated rings. The van der Waals surface area contributed by atoms with E-state index >= 15 is 0 Å². The Morgan fingerprint density at radius 2 is 1.69 bits per heavy atom. The van der Waals surface area contributed by atoms with E-state index in [4.69, 9.17) is 4.74 Å². The molecule has 150 valence electrons. The number of esters is 1. The lowest BCUT2D eigenvalue weighted by atomic mass is 9.80. The summed E-state index contributed by atoms with van der Waals surface area (Å²) >= 11 is 0. The molecule has 2 aliphatic heterocycles. The summed E-state index contributed by atoms with van der Waals surface area (Å²) in [4.78, 5) is 40.6. The largest absolute Gasteiger partial charge is 0.508 e. The number of hydrogen-bond acceptors (Lipinski definition) is 6. The summed E-state index contributed by atoms with van der Waals surface area (Å²) in [7, 11) is 1.26. The Balaban J connectivity index is 1.81. The molecule has 0 unspecified atom stereocenters. The number of phenolic OH excluding ortho intramolecular Hbond substituents is 1. The van der Waals surface area contributed by atoms with Crippen molar-refractivity contribution >= 4 is 23.5 Å². The van der Waals surface area contributed by atoms with Crippen LogP contribution in [-0.2, 0) is 19.1 Å². The molecule has 0 aromatic heterocycles. The maximum Gasteiger partial charge on any atom is 0.326 e. The minimum absolute atomic E-state index is 0.0918. The number of carbonyl (C=O) groups excluding carboxylic acids is 3. The monoisotopic (exact) mass is 394 g/mol. The molecule has 0 saturated carbocycles. The van der Waals surface area contributed by atoms with Gasteiger partial charge in [-0.25, -0.2) is 4.90 Å². The van der Waals surface area contributed by atoms with Crippen LogP contribution in [-0.4, -0.2) is 35.5 Å². The molecule has 7 heteroatoms. The van der Waals surface area contributed by atoms with Crippen molar-refractivity contribution in [1.29, 1.82) is 0 Å². The number of hydrogen-bond donors (Lipinski definition) is 2. The van der Waals surface area contributed by atoms with Crippen LogP contribution in [0.25, 0.3) is 0 Å². The number of imide groups is 1. The van der Waals surface area contributed by atoms with Gasteiger partial charge in [0.05, 0.1) is 24.6 Å². The van der Waals surface area contributed by atoms with Crippen LogP contribution in [0, 0.1) is 18.8 Å². The Kier molecular flexibility index (Phi) is 4.42. The molecule has 0 bridgehead atoms. The average molecular weight is 394 g/mol. The number of rotatable bonds is 3. The van der Waals surface area contributed by atoms with Crippen molar-refractivity contribution in [2.75, 3.05) is 12.0 Å². The second-order valence-electron chi connectivity index (χ2n) is 7.76. The van der Waals surface area contributed by atoms with Crippen molar-refractivity contribution in [1.82, 2.24) is 5.32 Å². The number of phenols is 1. The normalized spacial score (nSPS) is 28.5. The molecule has 0 aliphatic carbocycles. The van der Waals surface area contributed by atoms with E-state index in [2.05, 4.69) is 5.32 Å². The summed E-state index contributed by atoms with van der Waals surface area (Å²) in [5.41, 5.74) is 0.846. The topological polar surface area (TPSA) is 95.9 Å². The number of ether oxygens (including phenoxy) is 1. The van der Waals surface area contributed by atoms with Crippen LogP contribution in [0.3, 0.4) is 0 Å². The number of methoxy groups -OCH3 is 1. The molecule has 2 N–H and O–H groups in total. The molecule has 29 heavy (non-hydrogen) atoms. The fraction of sp³-hybridized carbons (Fsp3) is 0.318. The van der Waals surface area contributed by atoms with Crippen LogP contribution in [0.1, 0.15) is 24.1 Å². The Labute approximate surface area is 168 Å². The molecular formula is C22H22N2O5. The predicted octanol–water partition coefficient (Wildman–Crippen LogP) is 2.08. The number of nitrogens with zero attached hydrogens (tertiary/aromatic N) is 1. The molecule has 2 aliphatic rings. The van der Waals surface area contributed by atoms with Crippen molar-refractivity contribution in [3.63, 3.8) is 0 Å². The van der Waals surface area contributed by atoms with E-state index in [1.807, 2.05) is 19.1 Å². The zero-order valence-electron chi connectivity index (χ0n) is 16.4. The molecule has 2 aromatic rings. The van der Waals surface area contributed by atoms with E-state index in [1.165, 1.54) is 24.1 Å². The van der Waals surface area contributed by atoms with Crippen LogP contribution >= 0.6 is 0 Å². The quantitative estimate of drug-likeness (QED) is 0.611. The summed E-state index contributed by atoms with van der Waals surface area (Å²) < 4.78 is 4.97. The van der Waals surface area contributed by atoms with Gasteiger partial charge in [-0.15, -0.1) is 0 Å². The number of aryl methyl sites for hydroxylation is 1. The number of nitrogens with one attached hydrogen (secondary N) is 1. The molecule has 2 heterocycles. The first-order chi connectivity index (χ1) is 13.8. The maximum atomic E-state index is 13.4. The van der Waals surface area contributed by atoms with Gasteiger partial charge in [0.25, 0.3) is 0 Å². The van der Waals surface area contributed by atoms with Crippen molar-refractivity contribution in [3.05, 3.63) is 59.7 Å². The zero-order valence-corrected chi connectivity index (χ0v) is 16.4. The standard InChI is InChI=1S/C22H22N2O5/c1-12-4-8-14(9-5-12)24-19(26)16-17(20(24)27)22(2,21(28)29-3)23-18(16)13-6-10-15(25)11-7-13/h4-11,16-18,23,25H,1-3H3/t16-,17-,18-,22+/m0/s1. The van der Waals surface area contributed by atoms with Gasteiger partial charge < -0.3 is 9.84 Å². The Morgan fingerprint density at radius 1 is 1.07 bits per heavy atom. The van der Waals surface area contributed by atoms with Gasteiger partial charge in [-0.2, -0.15) is 0 Å². The molecule has 4 atom stereocenters. The molecule has 2 aromatic carbocycles. The molecule has 2 saturated heterocycles. The first-order valence-electron chi connectivity index (χ1n) is 9.37. The van der Waals surface area contributed by atoms with Crippen LogP contribution in [0.2, 0.25) is 0 Å². The van der Waals surface area contributed by atoms with E-state index in [0.717, 1.165) is 5.56 Å². The third kappa shape index (κ3) is 2.81. The molecule has 7 nitrogen and oxygen atoms in total. The minimum Gasteiger partial charge on any atom is -0.508 e. The number of benzene rings is 2. The number of fused-ring (bicyclic) bond motifs is 1. The fourth-order valence-electron chi connectivity index (χ4n) is 4.46. The highest BCUT2D eigenvalue weighted by Gasteiger charge is 2.67. The van der Waals surface area contributed by atoms with Gasteiger partial charge in [0.1, 0.15) is 11.3 Å². The second kappa shape index (κ2) is 6.70. The number of anilines is 1. The molecule has 4 rings (SSSR count). The van der Waals surface area contributed by atoms with E-state index in [1.54, 1.807) is 31.2 Å². The molecular weight excluding hydrogens is 372 g/mol. The van der Waals surface area contributed by atoms with Gasteiger partial charge in [-0.1, -0.05) is 29.8 Å². The SMILES string of the molecule is COC(=O)[C@]1(C)N[C@@H](c2ccc(O)cc2)[C@H]2C(=O)N(c3ccc(C)cc3)C(=O)[C@H]21. The summed E-state index contributed by atoms with van der Waals surface area (Å²) in [6, 6.07) is 12.9. The summed E-state index contributed by atoms with van der Waals surface area (Å²) in [5.74, 6) is -2.96. The van der Waals surface area contributed by atoms with Crippen LogP contribution in [0.5, 0.6) is 5.75 Å². The minimum atomic E-state index is -1.35. The van der Waals surface area contributed by atoms with Crippen molar-refractivity contribution in [3.8, 4) is 5.75 Å². The van der Waals surface area contributed by atoms with Gasteiger partial charge >= 0.3 is 5.97 Å². The lowest BCUT2D eigenvalue weighted by molar-refractivity contribution is -0.151. The highest BCUT2D eigenvalue weighted by Crippen LogP contribution is 2.50. The summed E-state index contributed by atoms with van der Waals surface area (Å²) in [6.07, 6.45) is 0. The Morgan fingerprint density at radius 3 is 2.28 bits per heavy atom. The van der Waals surface area contributed by atoms with Crippen LogP contribution in [0.4, 0.5) is 5.69 Å². The number of amides is 2. The van der Waals surface area contributed by atoms with Crippen molar-refractivity contribution < 1.29 is 24.2 Å². The first-order valence-corrected chi connectivity index (χ1v) is 9.37. The van der Waals surface area contributed by atoms with E-state index in [-0.39, 0.29) is 11.7 Å². The lowest BCUT2D eigenvalue weighted by Crippen LogP contribution is -2.54. The number of carbonyl (C=O) groups is 3. The van der Waals surface area contributed by atoms with E-state index in [0.29, 0.717) is 11.3 Å². The Hall–Kier alpha value is -3.19. The predicted molar refractivity (Wildman–Crippen MR) is 105 cm³/mol. The Bertz CT molecular complexity index is 985. The van der Waals surface area contributed by atoms with Gasteiger partial charge in [0.2, 0.25) is 11.8 Å². The fourth-order valence-corrected chi connectivity index (χ4v) is 4.46. The van der Waals surface area contributed by atoms with Gasteiger partial charge in [-0.05, 0) is 43.7 Å². The second-order valence-corrected chi connectivity index (χ2v) is 7.76. The molecule has 2 amide bonds. The van der Waals surface area contributed by atoms with Gasteiger partial charge in [0.15, 0.2) is 0 Å². The van der Waals surface area contributed by atoms with Gasteiger partial charge in [0, 0.05) is 6.04 Å². The van der Waals surface area contributed by atoms with Crippen LogP contribution < -0.4 is 10.2 Å². The van der Waals surface area contributed by atoms with Crippen molar-refractivity contribution in [2.45, 2.75) is 25.4 Å². The zero-order chi connectivity index (χ0) is 20.9. The smallest absolute Gasteiger partial charge is 0.326 e. The van der Waals surface area contributed by atoms with Gasteiger partial charge in [-0.3, -0.25) is 19.7 Å². The van der Waals surface area contributed by atoms with Crippen LogP contribution in [0.15, 0.2) is 48.5 Å². The first kappa shape index (κ1) is 19.1. The van der Waals surface area contributed by atoms with E-state index in [9.17, 15) is 19.5 Å². The highest BCUT2D eigenvalue weighted by atomic mass is 16.5. The third-order valence-corrected chi connectivity index (χ3v) is 5.94. The lowest BCUT2D eigenvalue weighted by Gasteiger charge is -2.28. The maximum absolute atomic E-state index is 13.4.